The Morgan fingerprint density at radius 2 is 2.25 bits per heavy atom. The molecule has 0 radical (unpaired) electrons. The van der Waals surface area contributed by atoms with Gasteiger partial charge < -0.3 is 9.73 Å². The van der Waals surface area contributed by atoms with Crippen molar-refractivity contribution < 1.29 is 4.42 Å². The monoisotopic (exact) mass is 289 g/mol. The predicted molar refractivity (Wildman–Crippen MR) is 80.0 cm³/mol. The second-order valence-electron chi connectivity index (χ2n) is 5.06. The van der Waals surface area contributed by atoms with Gasteiger partial charge in [-0.3, -0.25) is 0 Å². The van der Waals surface area contributed by atoms with E-state index in [0.29, 0.717) is 5.89 Å². The molecule has 1 aliphatic rings. The van der Waals surface area contributed by atoms with Crippen LogP contribution in [0.15, 0.2) is 33.6 Å². The van der Waals surface area contributed by atoms with E-state index in [1.165, 1.54) is 10.5 Å². The van der Waals surface area contributed by atoms with Gasteiger partial charge in [0.25, 0.3) is 0 Å². The van der Waals surface area contributed by atoms with Gasteiger partial charge in [-0.25, -0.2) is 0 Å². The first-order valence-electron chi connectivity index (χ1n) is 7.08. The van der Waals surface area contributed by atoms with E-state index < -0.39 is 0 Å². The summed E-state index contributed by atoms with van der Waals surface area (Å²) in [4.78, 5) is 1.33. The van der Waals surface area contributed by atoms with Crippen molar-refractivity contribution in [1.29, 1.82) is 0 Å². The second-order valence-corrected chi connectivity index (χ2v) is 6.12. The summed E-state index contributed by atoms with van der Waals surface area (Å²) < 4.78 is 5.89. The highest BCUT2D eigenvalue weighted by molar-refractivity contribution is 7.99. The second kappa shape index (κ2) is 5.97. The third-order valence-electron chi connectivity index (χ3n) is 3.53. The highest BCUT2D eigenvalue weighted by atomic mass is 32.2. The molecule has 106 valence electrons. The highest BCUT2D eigenvalue weighted by Gasteiger charge is 2.29. The van der Waals surface area contributed by atoms with Gasteiger partial charge in [0, 0.05) is 10.6 Å². The lowest BCUT2D eigenvalue weighted by molar-refractivity contribution is 0.388. The lowest BCUT2D eigenvalue weighted by atomic mass is 10.0. The van der Waals surface area contributed by atoms with Crippen molar-refractivity contribution in [3.8, 4) is 0 Å². The molecular formula is C15H19N3OS. The predicted octanol–water partition coefficient (Wildman–Crippen LogP) is 3.37. The molecule has 3 rings (SSSR count). The van der Waals surface area contributed by atoms with Crippen LogP contribution < -0.4 is 5.32 Å². The third-order valence-corrected chi connectivity index (χ3v) is 4.71. The van der Waals surface area contributed by atoms with Crippen molar-refractivity contribution in [3.05, 3.63) is 41.6 Å². The Kier molecular flexibility index (Phi) is 4.08. The Bertz CT molecular complexity index is 584. The molecule has 0 aliphatic carbocycles. The van der Waals surface area contributed by atoms with Crippen LogP contribution in [0, 0.1) is 0 Å². The summed E-state index contributed by atoms with van der Waals surface area (Å²) in [5.74, 6) is 2.64. The number of thioether (sulfide) groups is 1. The summed E-state index contributed by atoms with van der Waals surface area (Å²) >= 11 is 1.86. The molecule has 0 fully saturated rings. The van der Waals surface area contributed by atoms with Gasteiger partial charge in [-0.1, -0.05) is 25.1 Å². The van der Waals surface area contributed by atoms with Crippen molar-refractivity contribution >= 4 is 11.8 Å². The third kappa shape index (κ3) is 2.60. The number of aromatic nitrogens is 2. The SMILES string of the molecule is CCCNC(C)c1nnc(C2CSc3ccccc32)o1. The first-order chi connectivity index (χ1) is 9.79. The highest BCUT2D eigenvalue weighted by Crippen LogP contribution is 2.42. The van der Waals surface area contributed by atoms with Gasteiger partial charge in [-0.05, 0) is 31.5 Å². The minimum atomic E-state index is 0.112. The minimum Gasteiger partial charge on any atom is -0.423 e. The molecule has 2 unspecified atom stereocenters. The van der Waals surface area contributed by atoms with E-state index in [0.717, 1.165) is 24.6 Å². The summed E-state index contributed by atoms with van der Waals surface area (Å²) in [6.45, 7) is 5.16. The summed E-state index contributed by atoms with van der Waals surface area (Å²) in [6.07, 6.45) is 1.10. The average molecular weight is 289 g/mol. The van der Waals surface area contributed by atoms with Crippen LogP contribution in [-0.4, -0.2) is 22.5 Å². The molecule has 1 aromatic carbocycles. The smallest absolute Gasteiger partial charge is 0.233 e. The zero-order valence-corrected chi connectivity index (χ0v) is 12.6. The van der Waals surface area contributed by atoms with Crippen LogP contribution in [0.5, 0.6) is 0 Å². The van der Waals surface area contributed by atoms with Gasteiger partial charge in [0.2, 0.25) is 11.8 Å². The van der Waals surface area contributed by atoms with Crippen LogP contribution in [-0.2, 0) is 0 Å². The number of hydrogen-bond donors (Lipinski definition) is 1. The zero-order chi connectivity index (χ0) is 13.9. The minimum absolute atomic E-state index is 0.112. The molecule has 1 N–H and O–H groups in total. The first kappa shape index (κ1) is 13.6. The molecule has 4 nitrogen and oxygen atoms in total. The van der Waals surface area contributed by atoms with Gasteiger partial charge in [-0.15, -0.1) is 22.0 Å². The molecule has 2 atom stereocenters. The van der Waals surface area contributed by atoms with Crippen molar-refractivity contribution in [1.82, 2.24) is 15.5 Å². The summed E-state index contributed by atoms with van der Waals surface area (Å²) in [7, 11) is 0. The molecule has 2 heterocycles. The standard InChI is InChI=1S/C15H19N3OS/c1-3-8-16-10(2)14-17-18-15(19-14)12-9-20-13-7-5-4-6-11(12)13/h4-7,10,12,16H,3,8-9H2,1-2H3. The normalized spacial score (nSPS) is 19.0. The van der Waals surface area contributed by atoms with Crippen molar-refractivity contribution in [2.45, 2.75) is 37.1 Å². The van der Waals surface area contributed by atoms with Crippen LogP contribution >= 0.6 is 11.8 Å². The van der Waals surface area contributed by atoms with E-state index in [1.807, 2.05) is 11.8 Å². The lowest BCUT2D eigenvalue weighted by Gasteiger charge is -2.08. The Balaban J connectivity index is 1.78. The van der Waals surface area contributed by atoms with Crippen molar-refractivity contribution in [2.75, 3.05) is 12.3 Å². The van der Waals surface area contributed by atoms with Gasteiger partial charge in [0.15, 0.2) is 0 Å². The van der Waals surface area contributed by atoms with Gasteiger partial charge in [0.05, 0.1) is 12.0 Å². The maximum atomic E-state index is 5.89. The number of nitrogens with one attached hydrogen (secondary N) is 1. The maximum Gasteiger partial charge on any atom is 0.233 e. The summed E-state index contributed by atoms with van der Waals surface area (Å²) in [6, 6.07) is 8.57. The number of fused-ring (bicyclic) bond motifs is 1. The molecule has 5 heteroatoms. The number of benzene rings is 1. The molecule has 0 spiro atoms. The Morgan fingerprint density at radius 3 is 3.10 bits per heavy atom. The average Bonchev–Trinajstić information content (AvgIpc) is 3.10. The fourth-order valence-electron chi connectivity index (χ4n) is 2.38. The van der Waals surface area contributed by atoms with Crippen molar-refractivity contribution in [2.24, 2.45) is 0 Å². The van der Waals surface area contributed by atoms with E-state index in [1.54, 1.807) is 0 Å². The summed E-state index contributed by atoms with van der Waals surface area (Å²) in [5, 5.41) is 11.8. The van der Waals surface area contributed by atoms with Crippen LogP contribution in [0.3, 0.4) is 0 Å². The number of nitrogens with zero attached hydrogens (tertiary/aromatic N) is 2. The van der Waals surface area contributed by atoms with E-state index in [2.05, 4.69) is 53.6 Å². The topological polar surface area (TPSA) is 51.0 Å². The molecule has 2 aromatic rings. The van der Waals surface area contributed by atoms with E-state index >= 15 is 0 Å². The maximum absolute atomic E-state index is 5.89. The fourth-order valence-corrected chi connectivity index (χ4v) is 3.60. The Labute approximate surface area is 123 Å². The number of rotatable bonds is 5. The molecule has 20 heavy (non-hydrogen) atoms. The Morgan fingerprint density at radius 1 is 1.40 bits per heavy atom. The van der Waals surface area contributed by atoms with Crippen LogP contribution in [0.2, 0.25) is 0 Å². The van der Waals surface area contributed by atoms with Crippen LogP contribution in [0.4, 0.5) is 0 Å². The van der Waals surface area contributed by atoms with E-state index in [9.17, 15) is 0 Å². The Hall–Kier alpha value is -1.33. The molecule has 1 aliphatic heterocycles. The van der Waals surface area contributed by atoms with Gasteiger partial charge >= 0.3 is 0 Å². The fraction of sp³-hybridized carbons (Fsp3) is 0.467. The summed E-state index contributed by atoms with van der Waals surface area (Å²) in [5.41, 5.74) is 1.31. The molecule has 0 saturated carbocycles. The van der Waals surface area contributed by atoms with Crippen LogP contribution in [0.1, 0.15) is 49.6 Å². The molecular weight excluding hydrogens is 270 g/mol. The first-order valence-corrected chi connectivity index (χ1v) is 8.06. The van der Waals surface area contributed by atoms with Gasteiger partial charge in [-0.2, -0.15) is 0 Å². The number of hydrogen-bond acceptors (Lipinski definition) is 5. The largest absolute Gasteiger partial charge is 0.423 e. The van der Waals surface area contributed by atoms with Crippen LogP contribution in [0.25, 0.3) is 0 Å². The lowest BCUT2D eigenvalue weighted by Crippen LogP contribution is -2.19. The molecule has 0 saturated heterocycles. The molecule has 0 amide bonds. The van der Waals surface area contributed by atoms with E-state index in [-0.39, 0.29) is 12.0 Å². The zero-order valence-electron chi connectivity index (χ0n) is 11.8. The van der Waals surface area contributed by atoms with E-state index in [4.69, 9.17) is 4.42 Å². The van der Waals surface area contributed by atoms with Crippen molar-refractivity contribution in [3.63, 3.8) is 0 Å². The molecule has 0 bridgehead atoms. The molecule has 1 aromatic heterocycles. The van der Waals surface area contributed by atoms with Gasteiger partial charge in [0.1, 0.15) is 0 Å². The quantitative estimate of drug-likeness (QED) is 0.914.